The lowest BCUT2D eigenvalue weighted by molar-refractivity contribution is 0.185. The van der Waals surface area contributed by atoms with E-state index in [2.05, 4.69) is 25.5 Å². The maximum Gasteiger partial charge on any atom is 0.216 e. The van der Waals surface area contributed by atoms with Crippen LogP contribution in [0.2, 0.25) is 0 Å². The predicted molar refractivity (Wildman–Crippen MR) is 95.1 cm³/mol. The van der Waals surface area contributed by atoms with E-state index in [1.807, 2.05) is 30.3 Å². The van der Waals surface area contributed by atoms with Crippen molar-refractivity contribution in [3.63, 3.8) is 0 Å². The van der Waals surface area contributed by atoms with Gasteiger partial charge in [0, 0.05) is 31.3 Å². The molecule has 3 aromatic rings. The lowest BCUT2D eigenvalue weighted by atomic mass is 10.2. The van der Waals surface area contributed by atoms with Crippen molar-refractivity contribution in [2.24, 2.45) is 10.7 Å². The molecular formula is C17H20N6O2. The van der Waals surface area contributed by atoms with Crippen molar-refractivity contribution >= 4 is 11.6 Å². The summed E-state index contributed by atoms with van der Waals surface area (Å²) in [6.45, 7) is 0.988. The summed E-state index contributed by atoms with van der Waals surface area (Å²) < 4.78 is 10.4. The molecule has 8 heteroatoms. The molecule has 0 unspecified atom stereocenters. The zero-order valence-corrected chi connectivity index (χ0v) is 13.9. The number of furan rings is 1. The first-order chi connectivity index (χ1) is 12.3. The average molecular weight is 340 g/mol. The Balaban J connectivity index is 1.56. The van der Waals surface area contributed by atoms with Crippen LogP contribution in [0, 0.1) is 0 Å². The molecule has 3 rings (SSSR count). The number of benzene rings is 1. The molecular weight excluding hydrogens is 320 g/mol. The van der Waals surface area contributed by atoms with Crippen molar-refractivity contribution in [2.45, 2.75) is 13.0 Å². The molecule has 0 spiro atoms. The number of aliphatic imine (C=N–C) groups is 1. The van der Waals surface area contributed by atoms with E-state index in [0.29, 0.717) is 37.1 Å². The summed E-state index contributed by atoms with van der Waals surface area (Å²) in [5, 5.41) is 10.1. The van der Waals surface area contributed by atoms with Crippen LogP contribution in [0.4, 0.5) is 5.69 Å². The minimum absolute atomic E-state index is 0.342. The monoisotopic (exact) mass is 340 g/mol. The molecule has 25 heavy (non-hydrogen) atoms. The topological polar surface area (TPSA) is 114 Å². The number of rotatable bonds is 7. The van der Waals surface area contributed by atoms with Gasteiger partial charge in [-0.15, -0.1) is 0 Å². The van der Waals surface area contributed by atoms with Crippen molar-refractivity contribution in [3.8, 4) is 11.6 Å². The first kappa shape index (κ1) is 16.7. The second-order valence-corrected chi connectivity index (χ2v) is 5.32. The van der Waals surface area contributed by atoms with E-state index in [1.165, 1.54) is 0 Å². The minimum atomic E-state index is 0.342. The van der Waals surface area contributed by atoms with Gasteiger partial charge in [0.15, 0.2) is 11.7 Å². The Kier molecular flexibility index (Phi) is 5.43. The summed E-state index contributed by atoms with van der Waals surface area (Å²) in [7, 11) is 1.66. The first-order valence-corrected chi connectivity index (χ1v) is 7.85. The molecule has 0 aliphatic rings. The lowest BCUT2D eigenvalue weighted by Crippen LogP contribution is -2.24. The van der Waals surface area contributed by atoms with Gasteiger partial charge in [0.2, 0.25) is 5.82 Å². The lowest BCUT2D eigenvalue weighted by Gasteiger charge is -2.10. The van der Waals surface area contributed by atoms with Gasteiger partial charge >= 0.3 is 0 Å². The largest absolute Gasteiger partial charge is 0.461 e. The molecule has 0 amide bonds. The molecule has 0 radical (unpaired) electrons. The third-order valence-electron chi connectivity index (χ3n) is 3.48. The zero-order valence-electron chi connectivity index (χ0n) is 13.9. The molecule has 0 saturated heterocycles. The molecule has 0 aliphatic heterocycles. The second-order valence-electron chi connectivity index (χ2n) is 5.32. The summed E-state index contributed by atoms with van der Waals surface area (Å²) >= 11 is 0. The number of ether oxygens (including phenoxy) is 1. The highest BCUT2D eigenvalue weighted by Crippen LogP contribution is 2.16. The van der Waals surface area contributed by atoms with E-state index in [1.54, 1.807) is 19.4 Å². The highest BCUT2D eigenvalue weighted by atomic mass is 16.5. The number of nitrogens with one attached hydrogen (secondary N) is 2. The molecule has 2 aromatic heterocycles. The van der Waals surface area contributed by atoms with Gasteiger partial charge < -0.3 is 20.2 Å². The van der Waals surface area contributed by atoms with Crippen LogP contribution >= 0.6 is 0 Å². The fourth-order valence-electron chi connectivity index (χ4n) is 2.31. The van der Waals surface area contributed by atoms with Crippen LogP contribution in [0.25, 0.3) is 11.6 Å². The van der Waals surface area contributed by atoms with Crippen molar-refractivity contribution in [2.75, 3.05) is 19.0 Å². The van der Waals surface area contributed by atoms with E-state index >= 15 is 0 Å². The minimum Gasteiger partial charge on any atom is -0.461 e. The normalized spacial score (nSPS) is 11.6. The number of nitrogens with two attached hydrogens (primary N) is 1. The number of aromatic amines is 1. The van der Waals surface area contributed by atoms with Gasteiger partial charge in [0.25, 0.3) is 0 Å². The van der Waals surface area contributed by atoms with Gasteiger partial charge in [0.05, 0.1) is 12.9 Å². The van der Waals surface area contributed by atoms with E-state index < -0.39 is 0 Å². The van der Waals surface area contributed by atoms with Crippen molar-refractivity contribution in [1.82, 2.24) is 15.2 Å². The Morgan fingerprint density at radius 3 is 3.00 bits per heavy atom. The highest BCUT2D eigenvalue weighted by molar-refractivity contribution is 5.92. The number of H-pyrrole nitrogens is 1. The summed E-state index contributed by atoms with van der Waals surface area (Å²) in [6.07, 6.45) is 2.18. The van der Waals surface area contributed by atoms with E-state index in [-0.39, 0.29) is 0 Å². The van der Waals surface area contributed by atoms with E-state index in [9.17, 15) is 0 Å². The number of nitrogens with zero attached hydrogens (tertiary/aromatic N) is 3. The summed E-state index contributed by atoms with van der Waals surface area (Å²) in [6, 6.07) is 11.4. The smallest absolute Gasteiger partial charge is 0.216 e. The highest BCUT2D eigenvalue weighted by Gasteiger charge is 2.08. The van der Waals surface area contributed by atoms with Gasteiger partial charge in [-0.05, 0) is 18.2 Å². The van der Waals surface area contributed by atoms with Crippen molar-refractivity contribution < 1.29 is 9.15 Å². The molecule has 8 nitrogen and oxygen atoms in total. The number of guanidine groups is 1. The van der Waals surface area contributed by atoms with Crippen molar-refractivity contribution in [1.29, 1.82) is 0 Å². The Hall–Kier alpha value is -3.13. The number of methoxy groups -OCH3 is 1. The van der Waals surface area contributed by atoms with Crippen molar-refractivity contribution in [3.05, 3.63) is 54.0 Å². The standard InChI is InChI=1S/C17H20N6O2/c1-24-11-12-5-2-3-6-13(12)20-17(18)19-9-8-15-21-16(23-22-15)14-7-4-10-25-14/h2-7,10H,8-9,11H2,1H3,(H3,18,19,20)(H,21,22,23). The van der Waals surface area contributed by atoms with Crippen LogP contribution in [0.1, 0.15) is 11.4 Å². The third-order valence-corrected chi connectivity index (χ3v) is 3.48. The Bertz CT molecular complexity index is 825. The molecule has 4 N–H and O–H groups in total. The predicted octanol–water partition coefficient (Wildman–Crippen LogP) is 2.18. The summed E-state index contributed by atoms with van der Waals surface area (Å²) in [4.78, 5) is 8.68. The Morgan fingerprint density at radius 2 is 2.20 bits per heavy atom. The van der Waals surface area contributed by atoms with Gasteiger partial charge in [0.1, 0.15) is 5.82 Å². The maximum absolute atomic E-state index is 5.95. The summed E-state index contributed by atoms with van der Waals surface area (Å²) in [5.74, 6) is 2.22. The van der Waals surface area contributed by atoms with Gasteiger partial charge in [-0.25, -0.2) is 4.98 Å². The van der Waals surface area contributed by atoms with Gasteiger partial charge in [-0.3, -0.25) is 10.1 Å². The molecule has 2 heterocycles. The molecule has 0 fully saturated rings. The SMILES string of the molecule is COCc1ccccc1NC(N)=NCCc1nc(-c2ccco2)n[nH]1. The number of aromatic nitrogens is 3. The van der Waals surface area contributed by atoms with Gasteiger partial charge in [-0.1, -0.05) is 18.2 Å². The van der Waals surface area contributed by atoms with Crippen LogP contribution in [-0.4, -0.2) is 34.8 Å². The average Bonchev–Trinajstić information content (AvgIpc) is 3.28. The van der Waals surface area contributed by atoms with Crippen LogP contribution in [0.15, 0.2) is 52.1 Å². The molecule has 1 aromatic carbocycles. The van der Waals surface area contributed by atoms with Crippen LogP contribution in [0.3, 0.4) is 0 Å². The van der Waals surface area contributed by atoms with Gasteiger partial charge in [-0.2, -0.15) is 5.10 Å². The Morgan fingerprint density at radius 1 is 1.32 bits per heavy atom. The van der Waals surface area contributed by atoms with Crippen LogP contribution < -0.4 is 11.1 Å². The Labute approximate surface area is 145 Å². The number of para-hydroxylation sites is 1. The summed E-state index contributed by atoms with van der Waals surface area (Å²) in [5.41, 5.74) is 7.85. The first-order valence-electron chi connectivity index (χ1n) is 7.85. The molecule has 130 valence electrons. The number of anilines is 1. The molecule has 0 aliphatic carbocycles. The zero-order chi connectivity index (χ0) is 17.5. The van der Waals surface area contributed by atoms with Crippen LogP contribution in [0.5, 0.6) is 0 Å². The van der Waals surface area contributed by atoms with E-state index in [0.717, 1.165) is 17.1 Å². The number of hydrogen-bond acceptors (Lipinski definition) is 5. The molecule has 0 bridgehead atoms. The fourth-order valence-corrected chi connectivity index (χ4v) is 2.31. The number of hydrogen-bond donors (Lipinski definition) is 3. The maximum atomic E-state index is 5.95. The second kappa shape index (κ2) is 8.11. The fraction of sp³-hybridized carbons (Fsp3) is 0.235. The quantitative estimate of drug-likeness (QED) is 0.449. The third kappa shape index (κ3) is 4.45. The molecule has 0 saturated carbocycles. The molecule has 0 atom stereocenters. The van der Waals surface area contributed by atoms with Crippen LogP contribution in [-0.2, 0) is 17.8 Å². The van der Waals surface area contributed by atoms with E-state index in [4.69, 9.17) is 14.9 Å².